The number of hydrogen-bond donors (Lipinski definition) is 1. The highest BCUT2D eigenvalue weighted by Crippen LogP contribution is 2.31. The minimum absolute atomic E-state index is 0.357. The topological polar surface area (TPSA) is 49.2 Å². The summed E-state index contributed by atoms with van der Waals surface area (Å²) in [5, 5.41) is 0. The Morgan fingerprint density at radius 3 is 2.91 bits per heavy atom. The Morgan fingerprint density at radius 2 is 2.04 bits per heavy atom. The number of nitrogens with one attached hydrogen (secondary N) is 1. The molecule has 4 nitrogen and oxygen atoms in total. The first-order valence-electron chi connectivity index (χ1n) is 7.46. The zero-order chi connectivity index (χ0) is 16.0. The van der Waals surface area contributed by atoms with Crippen molar-refractivity contribution in [2.75, 3.05) is 11.9 Å². The molecule has 0 saturated carbocycles. The van der Waals surface area contributed by atoms with E-state index in [2.05, 4.69) is 23.2 Å². The monoisotopic (exact) mass is 310 g/mol. The van der Waals surface area contributed by atoms with E-state index >= 15 is 0 Å². The van der Waals surface area contributed by atoms with E-state index in [0.717, 1.165) is 24.1 Å². The van der Waals surface area contributed by atoms with E-state index < -0.39 is 11.6 Å². The molecule has 0 bridgehead atoms. The van der Waals surface area contributed by atoms with Gasteiger partial charge in [-0.1, -0.05) is 24.3 Å². The third-order valence-corrected chi connectivity index (χ3v) is 4.31. The number of hydrogen-bond acceptors (Lipinski definition) is 3. The van der Waals surface area contributed by atoms with Crippen molar-refractivity contribution in [1.82, 2.24) is 4.98 Å². The minimum atomic E-state index is -0.579. The highest BCUT2D eigenvalue weighted by molar-refractivity contribution is 5.79. The van der Waals surface area contributed by atoms with Crippen LogP contribution in [0.3, 0.4) is 0 Å². The van der Waals surface area contributed by atoms with Crippen LogP contribution in [0, 0.1) is 5.82 Å². The van der Waals surface area contributed by atoms with Gasteiger partial charge < -0.3 is 9.32 Å². The van der Waals surface area contributed by atoms with Crippen LogP contribution < -0.4 is 10.7 Å². The smallest absolute Gasteiger partial charge is 0.408 e. The molecule has 23 heavy (non-hydrogen) atoms. The van der Waals surface area contributed by atoms with Crippen LogP contribution in [-0.4, -0.2) is 12.0 Å². The predicted molar refractivity (Wildman–Crippen MR) is 87.9 cm³/mol. The van der Waals surface area contributed by atoms with E-state index in [1.807, 2.05) is 24.1 Å². The summed E-state index contributed by atoms with van der Waals surface area (Å²) < 4.78 is 19.4. The van der Waals surface area contributed by atoms with Crippen molar-refractivity contribution in [3.8, 4) is 0 Å². The maximum absolute atomic E-state index is 14.4. The fourth-order valence-electron chi connectivity index (χ4n) is 3.05. The lowest BCUT2D eigenvalue weighted by molar-refractivity contribution is 0.554. The first-order chi connectivity index (χ1) is 11.1. The molecule has 0 amide bonds. The fourth-order valence-corrected chi connectivity index (χ4v) is 3.05. The quantitative estimate of drug-likeness (QED) is 0.785. The van der Waals surface area contributed by atoms with Gasteiger partial charge in [-0.25, -0.2) is 9.18 Å². The molecule has 1 aromatic heterocycles. The van der Waals surface area contributed by atoms with E-state index in [1.165, 1.54) is 11.6 Å². The Bertz CT molecular complexity index is 984. The summed E-state index contributed by atoms with van der Waals surface area (Å²) in [5.74, 6) is -0.971. The molecule has 0 spiro atoms. The number of halogens is 1. The maximum atomic E-state index is 14.4. The number of H-pyrrole nitrogens is 1. The van der Waals surface area contributed by atoms with Crippen molar-refractivity contribution in [3.05, 3.63) is 69.6 Å². The lowest BCUT2D eigenvalue weighted by Crippen LogP contribution is -2.20. The van der Waals surface area contributed by atoms with Gasteiger partial charge in [-0.3, -0.25) is 4.98 Å². The number of fused-ring (bicyclic) bond motifs is 2. The number of allylic oxidation sites excluding steroid dienone is 1. The van der Waals surface area contributed by atoms with Gasteiger partial charge in [-0.15, -0.1) is 0 Å². The van der Waals surface area contributed by atoms with Gasteiger partial charge in [-0.05, 0) is 30.0 Å². The Balaban J connectivity index is 1.77. The summed E-state index contributed by atoms with van der Waals surface area (Å²) in [7, 11) is 1.83. The summed E-state index contributed by atoms with van der Waals surface area (Å²) in [6, 6.07) is 11.1. The number of aromatic amines is 1. The van der Waals surface area contributed by atoms with Gasteiger partial charge in [0.05, 0.1) is 11.2 Å². The molecule has 0 atom stereocenters. The molecule has 0 radical (unpaired) electrons. The van der Waals surface area contributed by atoms with Gasteiger partial charge in [0.15, 0.2) is 5.58 Å². The maximum Gasteiger partial charge on any atom is 0.417 e. The van der Waals surface area contributed by atoms with E-state index in [9.17, 15) is 9.18 Å². The van der Waals surface area contributed by atoms with Gasteiger partial charge in [0.1, 0.15) is 5.82 Å². The number of aryl methyl sites for hydroxylation is 1. The average molecular weight is 310 g/mol. The molecule has 4 rings (SSSR count). The number of nitrogens with zero attached hydrogens (tertiary/aromatic N) is 1. The number of aromatic nitrogens is 1. The molecule has 0 aliphatic heterocycles. The van der Waals surface area contributed by atoms with Crippen molar-refractivity contribution in [1.29, 1.82) is 0 Å². The number of benzene rings is 2. The third-order valence-electron chi connectivity index (χ3n) is 4.31. The van der Waals surface area contributed by atoms with Gasteiger partial charge >= 0.3 is 5.76 Å². The van der Waals surface area contributed by atoms with Crippen LogP contribution >= 0.6 is 0 Å². The normalized spacial score (nSPS) is 13.7. The molecule has 116 valence electrons. The standard InChI is InChI=1S/C18H15FN2O2/c1-21(13-7-6-11-4-2-3-5-12(11)8-13)16-10-17-15(9-14(16)19)20-18(22)23-17/h2-5,8-10H,6-7H2,1H3,(H,20,22). The highest BCUT2D eigenvalue weighted by Gasteiger charge is 2.18. The zero-order valence-corrected chi connectivity index (χ0v) is 12.6. The predicted octanol–water partition coefficient (Wildman–Crippen LogP) is 3.68. The van der Waals surface area contributed by atoms with E-state index in [1.54, 1.807) is 6.07 Å². The fraction of sp³-hybridized carbons (Fsp3) is 0.167. The van der Waals surface area contributed by atoms with Crippen molar-refractivity contribution in [2.24, 2.45) is 0 Å². The van der Waals surface area contributed by atoms with Crippen LogP contribution in [0.15, 0.2) is 51.3 Å². The van der Waals surface area contributed by atoms with E-state index in [0.29, 0.717) is 16.8 Å². The van der Waals surface area contributed by atoms with Gasteiger partial charge in [0.2, 0.25) is 0 Å². The second-order valence-electron chi connectivity index (χ2n) is 5.71. The number of rotatable bonds is 2. The molecule has 1 aliphatic carbocycles. The Hall–Kier alpha value is -2.82. The number of oxazole rings is 1. The molecule has 1 N–H and O–H groups in total. The Labute approximate surface area is 131 Å². The molecule has 0 saturated heterocycles. The van der Waals surface area contributed by atoms with Crippen molar-refractivity contribution in [2.45, 2.75) is 12.8 Å². The summed E-state index contributed by atoms with van der Waals surface area (Å²) >= 11 is 0. The lowest BCUT2D eigenvalue weighted by Gasteiger charge is -2.26. The van der Waals surface area contributed by atoms with Gasteiger partial charge in [0, 0.05) is 24.9 Å². The SMILES string of the molecule is CN(C1=Cc2ccccc2CC1)c1cc2oc(=O)[nH]c2cc1F. The van der Waals surface area contributed by atoms with Crippen molar-refractivity contribution < 1.29 is 8.81 Å². The highest BCUT2D eigenvalue weighted by atomic mass is 19.1. The molecule has 0 fully saturated rings. The average Bonchev–Trinajstić information content (AvgIpc) is 2.92. The van der Waals surface area contributed by atoms with Gasteiger partial charge in [-0.2, -0.15) is 0 Å². The van der Waals surface area contributed by atoms with Crippen LogP contribution in [-0.2, 0) is 6.42 Å². The van der Waals surface area contributed by atoms with Crippen molar-refractivity contribution in [3.63, 3.8) is 0 Å². The first-order valence-corrected chi connectivity index (χ1v) is 7.46. The first kappa shape index (κ1) is 13.8. The summed E-state index contributed by atoms with van der Waals surface area (Å²) in [6.07, 6.45) is 3.84. The summed E-state index contributed by atoms with van der Waals surface area (Å²) in [5.41, 5.74) is 4.61. The van der Waals surface area contributed by atoms with Crippen LogP contribution in [0.4, 0.5) is 10.1 Å². The molecule has 2 aromatic carbocycles. The third kappa shape index (κ3) is 2.34. The number of anilines is 1. The summed E-state index contributed by atoms with van der Waals surface area (Å²) in [4.78, 5) is 15.5. The largest absolute Gasteiger partial charge is 0.417 e. The molecule has 5 heteroatoms. The van der Waals surface area contributed by atoms with Crippen LogP contribution in [0.2, 0.25) is 0 Å². The van der Waals surface area contributed by atoms with Gasteiger partial charge in [0.25, 0.3) is 0 Å². The molecule has 1 heterocycles. The van der Waals surface area contributed by atoms with Crippen molar-refractivity contribution >= 4 is 22.9 Å². The Morgan fingerprint density at radius 1 is 1.22 bits per heavy atom. The molecular weight excluding hydrogens is 295 g/mol. The van der Waals surface area contributed by atoms with Crippen LogP contribution in [0.25, 0.3) is 17.2 Å². The second kappa shape index (κ2) is 5.12. The Kier molecular flexibility index (Phi) is 3.08. The van der Waals surface area contributed by atoms with E-state index in [-0.39, 0.29) is 0 Å². The van der Waals surface area contributed by atoms with E-state index in [4.69, 9.17) is 4.42 Å². The minimum Gasteiger partial charge on any atom is -0.408 e. The zero-order valence-electron chi connectivity index (χ0n) is 12.6. The second-order valence-corrected chi connectivity index (χ2v) is 5.71. The molecular formula is C18H15FN2O2. The van der Waals surface area contributed by atoms with Crippen LogP contribution in [0.5, 0.6) is 0 Å². The summed E-state index contributed by atoms with van der Waals surface area (Å²) in [6.45, 7) is 0. The molecule has 0 unspecified atom stereocenters. The van der Waals surface area contributed by atoms with Crippen LogP contribution in [0.1, 0.15) is 17.5 Å². The lowest BCUT2D eigenvalue weighted by atomic mass is 9.95. The molecule has 1 aliphatic rings. The molecule has 3 aromatic rings.